The number of rotatable bonds is 5. The molecule has 3 aromatic carbocycles. The van der Waals surface area contributed by atoms with E-state index < -0.39 is 41.1 Å². The van der Waals surface area contributed by atoms with Gasteiger partial charge in [-0.1, -0.05) is 65.7 Å². The molecule has 0 bridgehead atoms. The summed E-state index contributed by atoms with van der Waals surface area (Å²) in [6.07, 6.45) is -4.92. The van der Waals surface area contributed by atoms with Gasteiger partial charge >= 0.3 is 12.1 Å². The molecule has 2 atom stereocenters. The fourth-order valence-electron chi connectivity index (χ4n) is 3.79. The molecule has 0 saturated heterocycles. The van der Waals surface area contributed by atoms with Crippen molar-refractivity contribution < 1.29 is 26.2 Å². The van der Waals surface area contributed by atoms with Crippen LogP contribution in [-0.4, -0.2) is 28.3 Å². The van der Waals surface area contributed by atoms with Crippen LogP contribution in [-0.2, 0) is 10.8 Å². The summed E-state index contributed by atoms with van der Waals surface area (Å²) in [6, 6.07) is 17.2. The lowest BCUT2D eigenvalue weighted by molar-refractivity contribution is -0.249. The molecule has 0 N–H and O–H groups in total. The molecular formula is C24H17Cl2F5N2OS. The third-order valence-corrected chi connectivity index (χ3v) is 7.12. The molecule has 1 aliphatic rings. The van der Waals surface area contributed by atoms with Crippen LogP contribution in [0.25, 0.3) is 11.1 Å². The number of hydrogen-bond donors (Lipinski definition) is 0. The first kappa shape index (κ1) is 25.6. The second-order valence-corrected chi connectivity index (χ2v) is 10.1. The standard InChI is InChI=1S/C24H17Cl2F5N2OS/c1-35(34)17-5-2-4-16(12-17)14-8-10-15(11-9-14)20-13-21(23(27,28)24(29,30)31)32-33(20)22-18(25)6-3-7-19(22)26/h2-12,20H,13H2,1H3. The Bertz CT molecular complexity index is 1290. The molecule has 0 radical (unpaired) electrons. The maximum absolute atomic E-state index is 14.2. The number of benzene rings is 3. The smallest absolute Gasteiger partial charge is 0.255 e. The van der Waals surface area contributed by atoms with Crippen molar-refractivity contribution in [1.29, 1.82) is 0 Å². The number of hydrazone groups is 1. The molecule has 0 saturated carbocycles. The second kappa shape index (κ2) is 9.52. The van der Waals surface area contributed by atoms with Crippen molar-refractivity contribution >= 4 is 45.4 Å². The molecular weight excluding hydrogens is 530 g/mol. The van der Waals surface area contributed by atoms with Crippen LogP contribution >= 0.6 is 23.2 Å². The van der Waals surface area contributed by atoms with Gasteiger partial charge in [0.2, 0.25) is 0 Å². The summed E-state index contributed by atoms with van der Waals surface area (Å²) < 4.78 is 79.6. The predicted molar refractivity (Wildman–Crippen MR) is 129 cm³/mol. The van der Waals surface area contributed by atoms with Gasteiger partial charge in [-0.05, 0) is 41.0 Å². The molecule has 0 aromatic heterocycles. The van der Waals surface area contributed by atoms with Gasteiger partial charge in [-0.15, -0.1) is 0 Å². The molecule has 1 aliphatic heterocycles. The monoisotopic (exact) mass is 546 g/mol. The number of nitrogens with zero attached hydrogens (tertiary/aromatic N) is 2. The Kier molecular flexibility index (Phi) is 6.96. The minimum absolute atomic E-state index is 0.0380. The van der Waals surface area contributed by atoms with Gasteiger partial charge in [0, 0.05) is 28.4 Å². The van der Waals surface area contributed by atoms with E-state index in [9.17, 15) is 26.2 Å². The van der Waals surface area contributed by atoms with E-state index in [-0.39, 0.29) is 15.7 Å². The van der Waals surface area contributed by atoms with Crippen molar-refractivity contribution in [2.24, 2.45) is 5.10 Å². The normalized spacial score (nSPS) is 17.4. The Labute approximate surface area is 210 Å². The number of halogens is 7. The van der Waals surface area contributed by atoms with E-state index in [2.05, 4.69) is 5.10 Å². The number of alkyl halides is 5. The number of anilines is 1. The largest absolute Gasteiger partial charge is 0.459 e. The molecule has 184 valence electrons. The van der Waals surface area contributed by atoms with Crippen LogP contribution in [0.4, 0.5) is 27.6 Å². The van der Waals surface area contributed by atoms with E-state index in [0.29, 0.717) is 10.5 Å². The van der Waals surface area contributed by atoms with Crippen molar-refractivity contribution in [3.05, 3.63) is 82.3 Å². The molecule has 3 aromatic rings. The Morgan fingerprint density at radius 1 is 0.914 bits per heavy atom. The molecule has 2 unspecified atom stereocenters. The third kappa shape index (κ3) is 4.94. The number of hydrogen-bond acceptors (Lipinski definition) is 3. The van der Waals surface area contributed by atoms with Crippen molar-refractivity contribution in [2.45, 2.75) is 29.5 Å². The van der Waals surface area contributed by atoms with Gasteiger partial charge in [0.15, 0.2) is 0 Å². The minimum Gasteiger partial charge on any atom is -0.255 e. The van der Waals surface area contributed by atoms with E-state index in [4.69, 9.17) is 23.2 Å². The molecule has 0 spiro atoms. The Hall–Kier alpha value is -2.49. The zero-order valence-corrected chi connectivity index (χ0v) is 20.3. The summed E-state index contributed by atoms with van der Waals surface area (Å²) >= 11 is 12.5. The Balaban J connectivity index is 1.75. The SMILES string of the molecule is CS(=O)c1cccc(-c2ccc(C3CC(C(F)(F)C(F)(F)F)=NN3c3c(Cl)cccc3Cl)cc2)c1. The molecule has 0 aliphatic carbocycles. The fraction of sp³-hybridized carbons (Fsp3) is 0.208. The predicted octanol–water partition coefficient (Wildman–Crippen LogP) is 7.90. The topological polar surface area (TPSA) is 32.7 Å². The van der Waals surface area contributed by atoms with Crippen LogP contribution in [0.15, 0.2) is 76.7 Å². The van der Waals surface area contributed by atoms with Gasteiger partial charge < -0.3 is 0 Å². The first-order valence-electron chi connectivity index (χ1n) is 10.2. The quantitative estimate of drug-likeness (QED) is 0.304. The fourth-order valence-corrected chi connectivity index (χ4v) is 4.92. The summed E-state index contributed by atoms with van der Waals surface area (Å²) in [5.74, 6) is -5.12. The molecule has 35 heavy (non-hydrogen) atoms. The van der Waals surface area contributed by atoms with Crippen LogP contribution in [0.1, 0.15) is 18.0 Å². The average molecular weight is 547 g/mol. The summed E-state index contributed by atoms with van der Waals surface area (Å²) in [4.78, 5) is 0.634. The molecule has 4 rings (SSSR count). The van der Waals surface area contributed by atoms with E-state index in [1.807, 2.05) is 6.07 Å². The van der Waals surface area contributed by atoms with Crippen molar-refractivity contribution in [3.63, 3.8) is 0 Å². The van der Waals surface area contributed by atoms with Crippen LogP contribution in [0.2, 0.25) is 10.0 Å². The van der Waals surface area contributed by atoms with Crippen molar-refractivity contribution in [2.75, 3.05) is 11.3 Å². The molecule has 0 fully saturated rings. The van der Waals surface area contributed by atoms with E-state index in [0.717, 1.165) is 16.1 Å². The van der Waals surface area contributed by atoms with Gasteiger partial charge in [0.1, 0.15) is 5.71 Å². The zero-order chi connectivity index (χ0) is 25.5. The van der Waals surface area contributed by atoms with E-state index in [1.165, 1.54) is 18.2 Å². The summed E-state index contributed by atoms with van der Waals surface area (Å²) in [5.41, 5.74) is 0.686. The van der Waals surface area contributed by atoms with Gasteiger partial charge in [0.25, 0.3) is 0 Å². The molecule has 11 heteroatoms. The lowest BCUT2D eigenvalue weighted by atomic mass is 9.96. The highest BCUT2D eigenvalue weighted by Crippen LogP contribution is 2.47. The first-order valence-corrected chi connectivity index (χ1v) is 12.5. The summed E-state index contributed by atoms with van der Waals surface area (Å²) in [7, 11) is -1.18. The lowest BCUT2D eigenvalue weighted by Crippen LogP contribution is -2.43. The highest BCUT2D eigenvalue weighted by Gasteiger charge is 2.63. The van der Waals surface area contributed by atoms with E-state index in [1.54, 1.807) is 48.7 Å². The molecule has 0 amide bonds. The van der Waals surface area contributed by atoms with Crippen molar-refractivity contribution in [3.8, 4) is 11.1 Å². The highest BCUT2D eigenvalue weighted by molar-refractivity contribution is 7.84. The third-order valence-electron chi connectivity index (χ3n) is 5.59. The van der Waals surface area contributed by atoms with Gasteiger partial charge in [-0.2, -0.15) is 27.1 Å². The maximum Gasteiger partial charge on any atom is 0.459 e. The van der Waals surface area contributed by atoms with Crippen LogP contribution in [0.3, 0.4) is 0 Å². The highest BCUT2D eigenvalue weighted by atomic mass is 35.5. The van der Waals surface area contributed by atoms with Crippen LogP contribution in [0, 0.1) is 0 Å². The van der Waals surface area contributed by atoms with Crippen molar-refractivity contribution in [1.82, 2.24) is 0 Å². The van der Waals surface area contributed by atoms with Gasteiger partial charge in [0.05, 0.1) is 21.8 Å². The van der Waals surface area contributed by atoms with Gasteiger partial charge in [-0.25, -0.2) is 0 Å². The number of para-hydroxylation sites is 1. The summed E-state index contributed by atoms with van der Waals surface area (Å²) in [5, 5.41) is 4.81. The average Bonchev–Trinajstić information content (AvgIpc) is 3.24. The first-order chi connectivity index (χ1) is 16.4. The molecule has 1 heterocycles. The zero-order valence-electron chi connectivity index (χ0n) is 18.0. The summed E-state index contributed by atoms with van der Waals surface area (Å²) in [6.45, 7) is 0. The van der Waals surface area contributed by atoms with Crippen LogP contribution in [0.5, 0.6) is 0 Å². The second-order valence-electron chi connectivity index (χ2n) is 7.86. The van der Waals surface area contributed by atoms with Crippen LogP contribution < -0.4 is 5.01 Å². The molecule has 3 nitrogen and oxygen atoms in total. The minimum atomic E-state index is -5.80. The van der Waals surface area contributed by atoms with E-state index >= 15 is 0 Å². The lowest BCUT2D eigenvalue weighted by Gasteiger charge is -2.26. The maximum atomic E-state index is 14.2. The Morgan fingerprint density at radius 3 is 2.09 bits per heavy atom. The van der Waals surface area contributed by atoms with Gasteiger partial charge in [-0.3, -0.25) is 9.22 Å². The Morgan fingerprint density at radius 2 is 1.51 bits per heavy atom.